The number of H-pyrrole nitrogens is 2. The minimum Gasteiger partial charge on any atom is -0.508 e. The molecule has 0 fully saturated rings. The Labute approximate surface area is 115 Å². The lowest BCUT2D eigenvalue weighted by Crippen LogP contribution is -1.65. The molecule has 2 heterocycles. The molecule has 0 atom stereocenters. The number of phenols is 1. The molecular formula is C16H14N2O2. The van der Waals surface area contributed by atoms with Crippen LogP contribution in [0.1, 0.15) is 0 Å². The molecule has 0 bridgehead atoms. The van der Waals surface area contributed by atoms with E-state index >= 15 is 0 Å². The summed E-state index contributed by atoms with van der Waals surface area (Å²) in [5, 5.41) is 20.2. The Hall–Kier alpha value is -2.88. The second-order valence-corrected chi connectivity index (χ2v) is 4.49. The van der Waals surface area contributed by atoms with Crippen LogP contribution in [0, 0.1) is 0 Å². The molecule has 0 spiro atoms. The van der Waals surface area contributed by atoms with Gasteiger partial charge in [0.2, 0.25) is 0 Å². The zero-order valence-electron chi connectivity index (χ0n) is 10.7. The normalized spacial score (nSPS) is 10.4. The average molecular weight is 266 g/mol. The van der Waals surface area contributed by atoms with E-state index in [1.165, 1.54) is 0 Å². The van der Waals surface area contributed by atoms with Crippen LogP contribution >= 0.6 is 0 Å². The number of aromatic amines is 2. The van der Waals surface area contributed by atoms with Gasteiger partial charge in [-0.2, -0.15) is 0 Å². The highest BCUT2D eigenvalue weighted by Crippen LogP contribution is 2.18. The van der Waals surface area contributed by atoms with Crippen molar-refractivity contribution in [3.63, 3.8) is 0 Å². The van der Waals surface area contributed by atoms with Crippen LogP contribution in [-0.4, -0.2) is 20.2 Å². The van der Waals surface area contributed by atoms with Crippen molar-refractivity contribution in [1.29, 1.82) is 0 Å². The third-order valence-electron chi connectivity index (χ3n) is 3.05. The summed E-state index contributed by atoms with van der Waals surface area (Å²) < 4.78 is 0. The van der Waals surface area contributed by atoms with Crippen molar-refractivity contribution in [2.45, 2.75) is 0 Å². The van der Waals surface area contributed by atoms with Crippen LogP contribution in [0.2, 0.25) is 0 Å². The van der Waals surface area contributed by atoms with Crippen molar-refractivity contribution in [3.8, 4) is 11.6 Å². The van der Waals surface area contributed by atoms with Gasteiger partial charge in [-0.3, -0.25) is 0 Å². The summed E-state index contributed by atoms with van der Waals surface area (Å²) in [6.45, 7) is 0. The molecule has 0 saturated heterocycles. The molecule has 0 saturated carbocycles. The Balaban J connectivity index is 0.000000121. The fourth-order valence-corrected chi connectivity index (χ4v) is 2.09. The van der Waals surface area contributed by atoms with E-state index in [0.29, 0.717) is 5.75 Å². The van der Waals surface area contributed by atoms with E-state index in [4.69, 9.17) is 10.2 Å². The van der Waals surface area contributed by atoms with Crippen LogP contribution in [0.4, 0.5) is 0 Å². The van der Waals surface area contributed by atoms with Crippen LogP contribution in [-0.2, 0) is 0 Å². The lowest BCUT2D eigenvalue weighted by molar-refractivity contribution is 0.458. The topological polar surface area (TPSA) is 72.0 Å². The number of nitrogens with one attached hydrogen (secondary N) is 2. The van der Waals surface area contributed by atoms with Crippen LogP contribution in [0.5, 0.6) is 11.6 Å². The minimum absolute atomic E-state index is 0.223. The van der Waals surface area contributed by atoms with Crippen molar-refractivity contribution < 1.29 is 10.2 Å². The van der Waals surface area contributed by atoms with E-state index in [0.717, 1.165) is 21.8 Å². The number of aromatic hydroxyl groups is 2. The third-order valence-corrected chi connectivity index (χ3v) is 3.05. The smallest absolute Gasteiger partial charge is 0.189 e. The zero-order valence-corrected chi connectivity index (χ0v) is 10.7. The molecule has 0 aliphatic rings. The van der Waals surface area contributed by atoms with Gasteiger partial charge in [-0.15, -0.1) is 0 Å². The number of rotatable bonds is 0. The van der Waals surface area contributed by atoms with Crippen LogP contribution < -0.4 is 0 Å². The Morgan fingerprint density at radius 1 is 0.750 bits per heavy atom. The molecule has 20 heavy (non-hydrogen) atoms. The first-order valence-corrected chi connectivity index (χ1v) is 6.25. The molecule has 100 valence electrons. The molecule has 0 aliphatic carbocycles. The molecule has 4 nitrogen and oxygen atoms in total. The van der Waals surface area contributed by atoms with Gasteiger partial charge < -0.3 is 20.2 Å². The molecule has 4 heteroatoms. The van der Waals surface area contributed by atoms with E-state index in [1.807, 2.05) is 42.6 Å². The maximum absolute atomic E-state index is 9.03. The quantitative estimate of drug-likeness (QED) is 0.391. The van der Waals surface area contributed by atoms with Crippen LogP contribution in [0.25, 0.3) is 21.8 Å². The van der Waals surface area contributed by atoms with Gasteiger partial charge in [0.25, 0.3) is 0 Å². The first-order valence-electron chi connectivity index (χ1n) is 6.25. The number of phenolic OH excluding ortho intramolecular Hbond substituents is 1. The summed E-state index contributed by atoms with van der Waals surface area (Å²) in [5.74, 6) is 0.524. The van der Waals surface area contributed by atoms with Gasteiger partial charge in [0, 0.05) is 34.7 Å². The van der Waals surface area contributed by atoms with Gasteiger partial charge >= 0.3 is 0 Å². The molecule has 0 unspecified atom stereocenters. The summed E-state index contributed by atoms with van der Waals surface area (Å²) >= 11 is 0. The van der Waals surface area contributed by atoms with Crippen LogP contribution in [0.15, 0.2) is 60.8 Å². The molecular weight excluding hydrogens is 252 g/mol. The number of fused-ring (bicyclic) bond motifs is 2. The summed E-state index contributed by atoms with van der Waals surface area (Å²) in [6.07, 6.45) is 1.85. The zero-order chi connectivity index (χ0) is 13.9. The summed E-state index contributed by atoms with van der Waals surface area (Å²) in [7, 11) is 0. The number of hydrogen-bond donors (Lipinski definition) is 4. The Kier molecular flexibility index (Phi) is 3.05. The first kappa shape index (κ1) is 12.2. The molecule has 0 aliphatic heterocycles. The number of para-hydroxylation sites is 1. The van der Waals surface area contributed by atoms with Crippen molar-refractivity contribution in [3.05, 3.63) is 60.8 Å². The maximum Gasteiger partial charge on any atom is 0.189 e. The maximum atomic E-state index is 9.03. The molecule has 0 amide bonds. The molecule has 2 aromatic heterocycles. The van der Waals surface area contributed by atoms with Crippen molar-refractivity contribution in [2.75, 3.05) is 0 Å². The summed E-state index contributed by atoms with van der Waals surface area (Å²) in [5.41, 5.74) is 1.94. The number of aromatic nitrogens is 2. The predicted octanol–water partition coefficient (Wildman–Crippen LogP) is 3.75. The lowest BCUT2D eigenvalue weighted by atomic mass is 10.2. The SMILES string of the molecule is Oc1cc2ccccc2[nH]1.Oc1ccc2cc[nH]c2c1. The van der Waals surface area contributed by atoms with Gasteiger partial charge in [-0.1, -0.05) is 18.2 Å². The molecule has 4 N–H and O–H groups in total. The van der Waals surface area contributed by atoms with Crippen LogP contribution in [0.3, 0.4) is 0 Å². The Bertz CT molecular complexity index is 813. The molecule has 0 radical (unpaired) electrons. The fraction of sp³-hybridized carbons (Fsp3) is 0. The fourth-order valence-electron chi connectivity index (χ4n) is 2.09. The highest BCUT2D eigenvalue weighted by atomic mass is 16.3. The highest BCUT2D eigenvalue weighted by Gasteiger charge is 1.94. The third kappa shape index (κ3) is 2.44. The first-order chi connectivity index (χ1) is 9.72. The highest BCUT2D eigenvalue weighted by molar-refractivity contribution is 5.81. The van der Waals surface area contributed by atoms with E-state index in [2.05, 4.69) is 9.97 Å². The summed E-state index contributed by atoms with van der Waals surface area (Å²) in [6, 6.07) is 16.7. The monoisotopic (exact) mass is 266 g/mol. The Morgan fingerprint density at radius 3 is 2.45 bits per heavy atom. The minimum atomic E-state index is 0.223. The van der Waals surface area contributed by atoms with Gasteiger partial charge in [0.05, 0.1) is 0 Å². The van der Waals surface area contributed by atoms with Gasteiger partial charge in [0.1, 0.15) is 5.75 Å². The average Bonchev–Trinajstić information content (AvgIpc) is 3.03. The van der Waals surface area contributed by atoms with Gasteiger partial charge in [-0.05, 0) is 29.7 Å². The van der Waals surface area contributed by atoms with Crippen molar-refractivity contribution in [1.82, 2.24) is 9.97 Å². The second kappa shape index (κ2) is 5.01. The molecule has 4 aromatic rings. The standard InChI is InChI=1S/2C8H7NO/c10-7-2-1-6-3-4-9-8(6)5-7;10-8-5-6-3-1-2-4-7(6)9-8/h2*1-5,9-10H. The van der Waals surface area contributed by atoms with Crippen molar-refractivity contribution in [2.24, 2.45) is 0 Å². The van der Waals surface area contributed by atoms with E-state index < -0.39 is 0 Å². The lowest BCUT2D eigenvalue weighted by Gasteiger charge is -1.89. The molecule has 4 rings (SSSR count). The number of hydrogen-bond acceptors (Lipinski definition) is 2. The Morgan fingerprint density at radius 2 is 1.60 bits per heavy atom. The second-order valence-electron chi connectivity index (χ2n) is 4.49. The van der Waals surface area contributed by atoms with E-state index in [-0.39, 0.29) is 5.88 Å². The number of benzene rings is 2. The summed E-state index contributed by atoms with van der Waals surface area (Å²) in [4.78, 5) is 5.81. The van der Waals surface area contributed by atoms with Gasteiger partial charge in [0.15, 0.2) is 5.88 Å². The predicted molar refractivity (Wildman–Crippen MR) is 79.9 cm³/mol. The largest absolute Gasteiger partial charge is 0.508 e. The van der Waals surface area contributed by atoms with Crippen molar-refractivity contribution >= 4 is 21.8 Å². The molecule has 2 aromatic carbocycles. The van der Waals surface area contributed by atoms with Gasteiger partial charge in [-0.25, -0.2) is 0 Å². The van der Waals surface area contributed by atoms with E-state index in [1.54, 1.807) is 18.2 Å². The van der Waals surface area contributed by atoms with E-state index in [9.17, 15) is 0 Å².